The van der Waals surface area contributed by atoms with Crippen LogP contribution < -0.4 is 0 Å². The van der Waals surface area contributed by atoms with Crippen molar-refractivity contribution >= 4 is 27.3 Å². The molecule has 0 atom stereocenters. The highest BCUT2D eigenvalue weighted by atomic mass is 79.9. The van der Waals surface area contributed by atoms with Gasteiger partial charge in [-0.05, 0) is 34.0 Å². The molecular weight excluding hydrogens is 258 g/mol. The molecule has 14 heavy (non-hydrogen) atoms. The third-order valence-corrected chi connectivity index (χ3v) is 3.03. The quantitative estimate of drug-likeness (QED) is 0.665. The maximum absolute atomic E-state index is 4.19. The molecule has 1 heterocycles. The predicted molar refractivity (Wildman–Crippen MR) is 62.2 cm³/mol. The Morgan fingerprint density at radius 2 is 1.93 bits per heavy atom. The van der Waals surface area contributed by atoms with E-state index in [1.807, 2.05) is 35.7 Å². The Labute approximate surface area is 94.9 Å². The minimum absolute atomic E-state index is 0.834. The topological polar surface area (TPSA) is 12.9 Å². The van der Waals surface area contributed by atoms with E-state index in [-0.39, 0.29) is 0 Å². The van der Waals surface area contributed by atoms with Gasteiger partial charge >= 0.3 is 0 Å². The fourth-order valence-electron chi connectivity index (χ4n) is 0.959. The van der Waals surface area contributed by atoms with E-state index in [1.54, 1.807) is 0 Å². The summed E-state index contributed by atoms with van der Waals surface area (Å²) in [4.78, 5) is 4.19. The van der Waals surface area contributed by atoms with Crippen molar-refractivity contribution in [1.82, 2.24) is 4.98 Å². The summed E-state index contributed by atoms with van der Waals surface area (Å²) in [5.41, 5.74) is 1.01. The minimum Gasteiger partial charge on any atom is -0.221 e. The molecule has 0 unspecified atom stereocenters. The smallest absolute Gasteiger partial charge is 0.168 e. The molecule has 0 fully saturated rings. The first-order chi connectivity index (χ1) is 6.84. The molecule has 2 rings (SSSR count). The molecule has 1 aromatic heterocycles. The number of halogens is 1. The lowest BCUT2D eigenvalue weighted by molar-refractivity contribution is 1.33. The molecule has 0 aliphatic carbocycles. The van der Waals surface area contributed by atoms with Crippen LogP contribution in [-0.2, 0) is 0 Å². The summed E-state index contributed by atoms with van der Waals surface area (Å²) < 4.78 is 0.847. The first kappa shape index (κ1) is 9.45. The maximum atomic E-state index is 4.19. The van der Waals surface area contributed by atoms with Crippen LogP contribution in [-0.4, -0.2) is 4.98 Å². The number of aromatic nitrogens is 1. The van der Waals surface area contributed by atoms with E-state index in [2.05, 4.69) is 32.8 Å². The second-order valence-corrected chi connectivity index (χ2v) is 4.26. The van der Waals surface area contributed by atoms with Crippen LogP contribution in [0.3, 0.4) is 0 Å². The van der Waals surface area contributed by atoms with E-state index >= 15 is 0 Å². The number of hydrogen-bond acceptors (Lipinski definition) is 2. The van der Waals surface area contributed by atoms with Gasteiger partial charge in [-0.3, -0.25) is 0 Å². The Bertz CT molecular complexity index is 479. The zero-order chi connectivity index (χ0) is 9.80. The van der Waals surface area contributed by atoms with Crippen molar-refractivity contribution in [1.29, 1.82) is 0 Å². The highest BCUT2D eigenvalue weighted by Crippen LogP contribution is 2.13. The van der Waals surface area contributed by atoms with Crippen LogP contribution in [0, 0.1) is 11.8 Å². The van der Waals surface area contributed by atoms with Gasteiger partial charge in [-0.15, -0.1) is 11.3 Å². The molecule has 0 radical (unpaired) electrons. The Hall–Kier alpha value is -1.11. The molecule has 0 aliphatic rings. The van der Waals surface area contributed by atoms with Gasteiger partial charge in [-0.25, -0.2) is 4.98 Å². The van der Waals surface area contributed by atoms with Crippen LogP contribution in [0.2, 0.25) is 0 Å². The first-order valence-electron chi connectivity index (χ1n) is 4.03. The van der Waals surface area contributed by atoms with Crippen LogP contribution in [0.1, 0.15) is 10.6 Å². The van der Waals surface area contributed by atoms with Crippen molar-refractivity contribution in [2.24, 2.45) is 0 Å². The summed E-state index contributed by atoms with van der Waals surface area (Å²) in [6.07, 6.45) is 0. The van der Waals surface area contributed by atoms with Gasteiger partial charge in [0.1, 0.15) is 4.60 Å². The summed E-state index contributed by atoms with van der Waals surface area (Å²) in [5.74, 6) is 6.06. The molecule has 0 saturated heterocycles. The molecule has 0 amide bonds. The van der Waals surface area contributed by atoms with Crippen LogP contribution in [0.4, 0.5) is 0 Å². The average molecular weight is 264 g/mol. The van der Waals surface area contributed by atoms with E-state index in [1.165, 1.54) is 11.3 Å². The van der Waals surface area contributed by atoms with Gasteiger partial charge in [-0.2, -0.15) is 0 Å². The zero-order valence-electron chi connectivity index (χ0n) is 7.20. The Morgan fingerprint density at radius 1 is 1.14 bits per heavy atom. The summed E-state index contributed by atoms with van der Waals surface area (Å²) in [5, 5.41) is 2.76. The van der Waals surface area contributed by atoms with E-state index in [4.69, 9.17) is 0 Å². The van der Waals surface area contributed by atoms with E-state index in [9.17, 15) is 0 Å². The van der Waals surface area contributed by atoms with Gasteiger partial charge in [0.05, 0.1) is 0 Å². The molecule has 0 bridgehead atoms. The van der Waals surface area contributed by atoms with E-state index < -0.39 is 0 Å². The number of thiazole rings is 1. The van der Waals surface area contributed by atoms with Gasteiger partial charge in [0.2, 0.25) is 0 Å². The Morgan fingerprint density at radius 3 is 2.57 bits per heavy atom. The molecule has 1 aromatic carbocycles. The van der Waals surface area contributed by atoms with Crippen molar-refractivity contribution < 1.29 is 0 Å². The summed E-state index contributed by atoms with van der Waals surface area (Å²) in [7, 11) is 0. The SMILES string of the molecule is Brc1csc(C#Cc2ccccc2)n1. The zero-order valence-corrected chi connectivity index (χ0v) is 9.60. The first-order valence-corrected chi connectivity index (χ1v) is 5.70. The largest absolute Gasteiger partial charge is 0.221 e. The third-order valence-electron chi connectivity index (χ3n) is 1.56. The standard InChI is InChI=1S/C11H6BrNS/c12-10-8-14-11(13-10)7-6-9-4-2-1-3-5-9/h1-5,8H. The van der Waals surface area contributed by atoms with Crippen molar-refractivity contribution in [3.8, 4) is 11.8 Å². The Kier molecular flexibility index (Phi) is 2.97. The van der Waals surface area contributed by atoms with Crippen LogP contribution in [0.15, 0.2) is 40.3 Å². The summed E-state index contributed by atoms with van der Waals surface area (Å²) in [6, 6.07) is 9.89. The number of rotatable bonds is 0. The highest BCUT2D eigenvalue weighted by Gasteiger charge is 1.93. The van der Waals surface area contributed by atoms with Gasteiger partial charge in [0.25, 0.3) is 0 Å². The maximum Gasteiger partial charge on any atom is 0.168 e. The van der Waals surface area contributed by atoms with Crippen LogP contribution in [0.25, 0.3) is 0 Å². The number of nitrogens with zero attached hydrogens (tertiary/aromatic N) is 1. The van der Waals surface area contributed by atoms with Gasteiger partial charge in [0, 0.05) is 10.9 Å². The van der Waals surface area contributed by atoms with Gasteiger partial charge in [0.15, 0.2) is 5.01 Å². The predicted octanol–water partition coefficient (Wildman–Crippen LogP) is 3.31. The van der Waals surface area contributed by atoms with Crippen molar-refractivity contribution in [2.75, 3.05) is 0 Å². The normalized spacial score (nSPS) is 9.21. The lowest BCUT2D eigenvalue weighted by Crippen LogP contribution is -1.73. The number of hydrogen-bond donors (Lipinski definition) is 0. The molecule has 68 valence electrons. The average Bonchev–Trinajstić information content (AvgIpc) is 2.63. The van der Waals surface area contributed by atoms with Crippen LogP contribution in [0.5, 0.6) is 0 Å². The van der Waals surface area contributed by atoms with E-state index in [0.717, 1.165) is 15.2 Å². The minimum atomic E-state index is 0.834. The molecule has 3 heteroatoms. The summed E-state index contributed by atoms with van der Waals surface area (Å²) in [6.45, 7) is 0. The van der Waals surface area contributed by atoms with E-state index in [0.29, 0.717) is 0 Å². The van der Waals surface area contributed by atoms with Crippen molar-refractivity contribution in [2.45, 2.75) is 0 Å². The fraction of sp³-hybridized carbons (Fsp3) is 0. The van der Waals surface area contributed by atoms with Gasteiger partial charge < -0.3 is 0 Å². The molecular formula is C11H6BrNS. The molecule has 0 spiro atoms. The number of benzene rings is 1. The second kappa shape index (κ2) is 4.41. The molecule has 0 aliphatic heterocycles. The van der Waals surface area contributed by atoms with Crippen LogP contribution >= 0.6 is 27.3 Å². The molecule has 0 saturated carbocycles. The third kappa shape index (κ3) is 2.44. The summed E-state index contributed by atoms with van der Waals surface area (Å²) >= 11 is 4.83. The Balaban J connectivity index is 2.23. The molecule has 2 aromatic rings. The monoisotopic (exact) mass is 263 g/mol. The fourth-order valence-corrected chi connectivity index (χ4v) is 2.06. The second-order valence-electron chi connectivity index (χ2n) is 2.59. The van der Waals surface area contributed by atoms with Crippen molar-refractivity contribution in [3.63, 3.8) is 0 Å². The van der Waals surface area contributed by atoms with Gasteiger partial charge in [-0.1, -0.05) is 24.1 Å². The lowest BCUT2D eigenvalue weighted by atomic mass is 10.2. The molecule has 1 nitrogen and oxygen atoms in total. The van der Waals surface area contributed by atoms with Crippen molar-refractivity contribution in [3.05, 3.63) is 50.9 Å². The highest BCUT2D eigenvalue weighted by molar-refractivity contribution is 9.10. The lowest BCUT2D eigenvalue weighted by Gasteiger charge is -1.84. The molecule has 0 N–H and O–H groups in total.